The predicted molar refractivity (Wildman–Crippen MR) is 124 cm³/mol. The summed E-state index contributed by atoms with van der Waals surface area (Å²) >= 11 is 6.34. The number of carbonyl (C=O) groups excluding carboxylic acids is 1. The first-order valence-corrected chi connectivity index (χ1v) is 10.9. The van der Waals surface area contributed by atoms with Gasteiger partial charge in [0.15, 0.2) is 11.5 Å². The van der Waals surface area contributed by atoms with E-state index < -0.39 is 11.8 Å². The van der Waals surface area contributed by atoms with Crippen LogP contribution in [0.1, 0.15) is 16.7 Å². The third-order valence-corrected chi connectivity index (χ3v) is 6.19. The molecule has 1 atom stereocenters. The molecular weight excluding hydrogens is 460 g/mol. The summed E-state index contributed by atoms with van der Waals surface area (Å²) in [7, 11) is 3.09. The monoisotopic (exact) mass is 480 g/mol. The molecule has 2 aliphatic rings. The fourth-order valence-electron chi connectivity index (χ4n) is 4.17. The van der Waals surface area contributed by atoms with Gasteiger partial charge in [0, 0.05) is 17.6 Å². The molecule has 0 saturated heterocycles. The van der Waals surface area contributed by atoms with Gasteiger partial charge in [0.2, 0.25) is 6.79 Å². The molecule has 7 nitrogen and oxygen atoms in total. The molecule has 0 aliphatic carbocycles. The largest absolute Gasteiger partial charge is 0.497 e. The van der Waals surface area contributed by atoms with Crippen molar-refractivity contribution in [3.63, 3.8) is 0 Å². The average Bonchev–Trinajstić information content (AvgIpc) is 3.41. The summed E-state index contributed by atoms with van der Waals surface area (Å²) in [6, 6.07) is 17.2. The number of methoxy groups -OCH3 is 2. The van der Waals surface area contributed by atoms with E-state index >= 15 is 0 Å². The van der Waals surface area contributed by atoms with Crippen molar-refractivity contribution in [2.75, 3.05) is 21.0 Å². The van der Waals surface area contributed by atoms with Gasteiger partial charge in [-0.1, -0.05) is 23.7 Å². The molecule has 3 aromatic carbocycles. The van der Waals surface area contributed by atoms with Gasteiger partial charge in [0.1, 0.15) is 11.5 Å². The Kier molecular flexibility index (Phi) is 5.59. The van der Waals surface area contributed by atoms with Crippen molar-refractivity contribution >= 4 is 23.1 Å². The maximum absolute atomic E-state index is 13.2. The quantitative estimate of drug-likeness (QED) is 0.520. The van der Waals surface area contributed by atoms with Crippen LogP contribution in [-0.4, -0.2) is 32.1 Å². The molecule has 0 spiro atoms. The van der Waals surface area contributed by atoms with Gasteiger partial charge in [0.05, 0.1) is 24.8 Å². The second kappa shape index (κ2) is 8.59. The van der Waals surface area contributed by atoms with E-state index in [-0.39, 0.29) is 18.8 Å². The van der Waals surface area contributed by atoms with E-state index in [0.29, 0.717) is 44.7 Å². The van der Waals surface area contributed by atoms with Gasteiger partial charge >= 0.3 is 5.97 Å². The molecule has 0 saturated carbocycles. The van der Waals surface area contributed by atoms with E-state index in [2.05, 4.69) is 0 Å². The molecule has 174 valence electrons. The van der Waals surface area contributed by atoms with Gasteiger partial charge in [0.25, 0.3) is 5.79 Å². The number of benzene rings is 3. The Balaban J connectivity index is 1.66. The van der Waals surface area contributed by atoms with Crippen molar-refractivity contribution in [2.24, 2.45) is 0 Å². The van der Waals surface area contributed by atoms with Crippen LogP contribution in [0.5, 0.6) is 23.0 Å². The minimum Gasteiger partial charge on any atom is -0.497 e. The number of ether oxygens (including phenoxy) is 5. The number of hydrogen-bond donors (Lipinski definition) is 1. The maximum atomic E-state index is 13.2. The number of cyclic esters (lactones) is 1. The summed E-state index contributed by atoms with van der Waals surface area (Å²) in [5.74, 6) is -0.387. The summed E-state index contributed by atoms with van der Waals surface area (Å²) in [6.45, 7) is 0.106. The van der Waals surface area contributed by atoms with Crippen LogP contribution >= 0.6 is 11.6 Å². The topological polar surface area (TPSA) is 83.5 Å². The van der Waals surface area contributed by atoms with E-state index in [1.165, 1.54) is 7.11 Å². The summed E-state index contributed by atoms with van der Waals surface area (Å²) < 4.78 is 27.0. The fourth-order valence-corrected chi connectivity index (χ4v) is 4.45. The minimum absolute atomic E-state index is 0.106. The molecule has 0 radical (unpaired) electrons. The molecule has 0 aromatic heterocycles. The molecule has 5 rings (SSSR count). The summed E-state index contributed by atoms with van der Waals surface area (Å²) in [5.41, 5.74) is 2.34. The van der Waals surface area contributed by atoms with Gasteiger partial charge in [-0.05, 0) is 59.7 Å². The Labute approximate surface area is 201 Å². The number of hydrogen-bond acceptors (Lipinski definition) is 7. The summed E-state index contributed by atoms with van der Waals surface area (Å²) in [4.78, 5) is 13.2. The standard InChI is InChI=1S/C26H21ClO7/c1-30-18-7-5-17(6-8-18)26(29)19(11-15-3-9-21(31-2)20(27)12-15)24(25(28)34-26)16-4-10-22-23(13-16)33-14-32-22/h3-10,12-13,29H,11,14H2,1-2H3. The second-order valence-electron chi connectivity index (χ2n) is 7.83. The van der Waals surface area contributed by atoms with Crippen LogP contribution in [0.25, 0.3) is 5.57 Å². The van der Waals surface area contributed by atoms with Crippen LogP contribution in [-0.2, 0) is 21.7 Å². The fraction of sp³-hybridized carbons (Fsp3) is 0.192. The third kappa shape index (κ3) is 3.73. The van der Waals surface area contributed by atoms with Crippen LogP contribution in [0.3, 0.4) is 0 Å². The Morgan fingerprint density at radius 3 is 2.44 bits per heavy atom. The molecule has 0 fully saturated rings. The Morgan fingerprint density at radius 1 is 0.971 bits per heavy atom. The van der Waals surface area contributed by atoms with Crippen molar-refractivity contribution in [3.8, 4) is 23.0 Å². The van der Waals surface area contributed by atoms with Crippen LogP contribution < -0.4 is 18.9 Å². The number of rotatable bonds is 6. The lowest BCUT2D eigenvalue weighted by Gasteiger charge is -2.26. The maximum Gasteiger partial charge on any atom is 0.342 e. The highest BCUT2D eigenvalue weighted by molar-refractivity contribution is 6.32. The molecule has 0 bridgehead atoms. The molecule has 1 unspecified atom stereocenters. The highest BCUT2D eigenvalue weighted by atomic mass is 35.5. The third-order valence-electron chi connectivity index (χ3n) is 5.90. The number of esters is 1. The van der Waals surface area contributed by atoms with E-state index in [0.717, 1.165) is 5.56 Å². The van der Waals surface area contributed by atoms with Gasteiger partial charge in [-0.25, -0.2) is 4.79 Å². The first kappa shape index (κ1) is 22.1. The lowest BCUT2D eigenvalue weighted by Crippen LogP contribution is -2.29. The zero-order valence-electron chi connectivity index (χ0n) is 18.5. The molecular formula is C26H21ClO7. The van der Waals surface area contributed by atoms with Crippen molar-refractivity contribution in [1.29, 1.82) is 0 Å². The lowest BCUT2D eigenvalue weighted by molar-refractivity contribution is -0.185. The van der Waals surface area contributed by atoms with Gasteiger partial charge in [-0.15, -0.1) is 0 Å². The van der Waals surface area contributed by atoms with Crippen LogP contribution in [0.15, 0.2) is 66.2 Å². The van der Waals surface area contributed by atoms with Crippen LogP contribution in [0.2, 0.25) is 5.02 Å². The number of carbonyl (C=O) groups is 1. The lowest BCUT2D eigenvalue weighted by atomic mass is 9.88. The van der Waals surface area contributed by atoms with E-state index in [1.54, 1.807) is 61.7 Å². The first-order chi connectivity index (χ1) is 16.4. The number of fused-ring (bicyclic) bond motifs is 1. The van der Waals surface area contributed by atoms with Crippen molar-refractivity contribution in [3.05, 3.63) is 87.9 Å². The van der Waals surface area contributed by atoms with Gasteiger partial charge in [-0.2, -0.15) is 0 Å². The summed E-state index contributed by atoms with van der Waals surface area (Å²) in [6.07, 6.45) is 0.196. The molecule has 8 heteroatoms. The molecule has 1 N–H and O–H groups in total. The SMILES string of the molecule is COc1ccc(C2(O)OC(=O)C(c3ccc4c(c3)OCO4)=C2Cc2ccc(OC)c(Cl)c2)cc1. The zero-order valence-corrected chi connectivity index (χ0v) is 19.2. The number of aliphatic hydroxyl groups is 1. The predicted octanol–water partition coefficient (Wildman–Crippen LogP) is 4.48. The smallest absolute Gasteiger partial charge is 0.342 e. The van der Waals surface area contributed by atoms with Crippen molar-refractivity contribution in [1.82, 2.24) is 0 Å². The second-order valence-corrected chi connectivity index (χ2v) is 8.24. The minimum atomic E-state index is -1.98. The molecule has 2 heterocycles. The van der Waals surface area contributed by atoms with Crippen LogP contribution in [0, 0.1) is 0 Å². The highest BCUT2D eigenvalue weighted by Gasteiger charge is 2.48. The Morgan fingerprint density at radius 2 is 1.74 bits per heavy atom. The van der Waals surface area contributed by atoms with Gasteiger partial charge in [-0.3, -0.25) is 0 Å². The molecule has 3 aromatic rings. The molecule has 2 aliphatic heterocycles. The average molecular weight is 481 g/mol. The van der Waals surface area contributed by atoms with E-state index in [1.807, 2.05) is 6.07 Å². The van der Waals surface area contributed by atoms with E-state index in [9.17, 15) is 9.90 Å². The molecule has 0 amide bonds. The number of halogens is 1. The summed E-state index contributed by atoms with van der Waals surface area (Å²) in [5, 5.41) is 12.2. The zero-order chi connectivity index (χ0) is 23.9. The molecule has 34 heavy (non-hydrogen) atoms. The normalized spacial score (nSPS) is 18.8. The van der Waals surface area contributed by atoms with Crippen LogP contribution in [0.4, 0.5) is 0 Å². The van der Waals surface area contributed by atoms with Crippen molar-refractivity contribution < 1.29 is 33.6 Å². The van der Waals surface area contributed by atoms with E-state index in [4.69, 9.17) is 35.3 Å². The Bertz CT molecular complexity index is 1300. The van der Waals surface area contributed by atoms with Gasteiger partial charge < -0.3 is 28.8 Å². The van der Waals surface area contributed by atoms with Crippen molar-refractivity contribution in [2.45, 2.75) is 12.2 Å². The first-order valence-electron chi connectivity index (χ1n) is 10.5. The Hall–Kier alpha value is -3.68. The highest BCUT2D eigenvalue weighted by Crippen LogP contribution is 2.46.